The predicted molar refractivity (Wildman–Crippen MR) is 110 cm³/mol. The first-order valence-electron chi connectivity index (χ1n) is 9.32. The summed E-state index contributed by atoms with van der Waals surface area (Å²) < 4.78 is 15.7. The SMILES string of the molecule is Cc1ccc(NC(=O)Cn2c(N3CCCCC3)nc3ccsc3c2=O)cc1F. The molecular weight excluding hydrogens is 379 g/mol. The van der Waals surface area contributed by atoms with Crippen molar-refractivity contribution in [2.24, 2.45) is 0 Å². The Hall–Kier alpha value is -2.74. The van der Waals surface area contributed by atoms with Crippen molar-refractivity contribution in [1.29, 1.82) is 0 Å². The third kappa shape index (κ3) is 3.64. The number of rotatable bonds is 4. The van der Waals surface area contributed by atoms with Crippen molar-refractivity contribution in [2.75, 3.05) is 23.3 Å². The minimum absolute atomic E-state index is 0.166. The molecule has 1 aliphatic rings. The lowest BCUT2D eigenvalue weighted by Gasteiger charge is -2.29. The minimum Gasteiger partial charge on any atom is -0.342 e. The fourth-order valence-electron chi connectivity index (χ4n) is 3.42. The first kappa shape index (κ1) is 18.6. The lowest BCUT2D eigenvalue weighted by molar-refractivity contribution is -0.116. The summed E-state index contributed by atoms with van der Waals surface area (Å²) in [7, 11) is 0. The van der Waals surface area contributed by atoms with Gasteiger partial charge in [-0.05, 0) is 55.3 Å². The molecule has 0 unspecified atom stereocenters. The fraction of sp³-hybridized carbons (Fsp3) is 0.350. The number of nitrogens with one attached hydrogen (secondary N) is 1. The molecule has 0 spiro atoms. The molecule has 1 N–H and O–H groups in total. The van der Waals surface area contributed by atoms with Gasteiger partial charge in [0.15, 0.2) is 0 Å². The number of nitrogens with zero attached hydrogens (tertiary/aromatic N) is 3. The summed E-state index contributed by atoms with van der Waals surface area (Å²) in [6.07, 6.45) is 3.22. The highest BCUT2D eigenvalue weighted by Gasteiger charge is 2.21. The van der Waals surface area contributed by atoms with Crippen LogP contribution in [0.3, 0.4) is 0 Å². The van der Waals surface area contributed by atoms with Crippen LogP contribution in [0.4, 0.5) is 16.0 Å². The van der Waals surface area contributed by atoms with E-state index in [0.29, 0.717) is 27.4 Å². The monoisotopic (exact) mass is 400 g/mol. The lowest BCUT2D eigenvalue weighted by atomic mass is 10.1. The van der Waals surface area contributed by atoms with Crippen LogP contribution in [-0.2, 0) is 11.3 Å². The average molecular weight is 400 g/mol. The number of halogens is 1. The normalized spacial score (nSPS) is 14.4. The van der Waals surface area contributed by atoms with Gasteiger partial charge in [0.05, 0.1) is 5.52 Å². The van der Waals surface area contributed by atoms with E-state index in [1.807, 2.05) is 11.4 Å². The van der Waals surface area contributed by atoms with Crippen molar-refractivity contribution in [3.63, 3.8) is 0 Å². The fourth-order valence-corrected chi connectivity index (χ4v) is 4.20. The number of aromatic nitrogens is 2. The van der Waals surface area contributed by atoms with Crippen LogP contribution in [-0.4, -0.2) is 28.5 Å². The molecule has 146 valence electrons. The predicted octanol–water partition coefficient (Wildman–Crippen LogP) is 3.53. The minimum atomic E-state index is -0.388. The van der Waals surface area contributed by atoms with Crippen LogP contribution < -0.4 is 15.8 Å². The van der Waals surface area contributed by atoms with E-state index in [9.17, 15) is 14.0 Å². The van der Waals surface area contributed by atoms with Crippen LogP contribution >= 0.6 is 11.3 Å². The second-order valence-electron chi connectivity index (χ2n) is 7.00. The van der Waals surface area contributed by atoms with Crippen molar-refractivity contribution < 1.29 is 9.18 Å². The van der Waals surface area contributed by atoms with Gasteiger partial charge in [-0.1, -0.05) is 6.07 Å². The van der Waals surface area contributed by atoms with Gasteiger partial charge in [0.25, 0.3) is 5.56 Å². The zero-order chi connectivity index (χ0) is 19.7. The van der Waals surface area contributed by atoms with Gasteiger partial charge in [-0.15, -0.1) is 11.3 Å². The number of piperidine rings is 1. The maximum Gasteiger partial charge on any atom is 0.273 e. The summed E-state index contributed by atoms with van der Waals surface area (Å²) >= 11 is 1.32. The maximum absolute atomic E-state index is 13.7. The van der Waals surface area contributed by atoms with Crippen LogP contribution in [0.2, 0.25) is 0 Å². The summed E-state index contributed by atoms with van der Waals surface area (Å²) in [6.45, 7) is 3.12. The van der Waals surface area contributed by atoms with E-state index in [1.165, 1.54) is 22.0 Å². The van der Waals surface area contributed by atoms with E-state index in [0.717, 1.165) is 32.4 Å². The van der Waals surface area contributed by atoms with E-state index >= 15 is 0 Å². The van der Waals surface area contributed by atoms with Gasteiger partial charge in [0.1, 0.15) is 17.1 Å². The zero-order valence-electron chi connectivity index (χ0n) is 15.6. The number of thiophene rings is 1. The van der Waals surface area contributed by atoms with Gasteiger partial charge in [0, 0.05) is 18.8 Å². The van der Waals surface area contributed by atoms with Crippen molar-refractivity contribution in [3.05, 3.63) is 51.4 Å². The standard InChI is InChI=1S/C20H21FN4O2S/c1-13-5-6-14(11-15(13)21)22-17(26)12-25-19(27)18-16(7-10-28-18)23-20(25)24-8-3-2-4-9-24/h5-7,10-11H,2-4,8-9,12H2,1H3,(H,22,26). The van der Waals surface area contributed by atoms with E-state index in [-0.39, 0.29) is 23.8 Å². The molecule has 3 aromatic rings. The number of carbonyl (C=O) groups excluding carboxylic acids is 1. The number of fused-ring (bicyclic) bond motifs is 1. The van der Waals surface area contributed by atoms with Crippen molar-refractivity contribution >= 4 is 39.1 Å². The second kappa shape index (κ2) is 7.71. The Balaban J connectivity index is 1.66. The van der Waals surface area contributed by atoms with Gasteiger partial charge < -0.3 is 10.2 Å². The number of hydrogen-bond acceptors (Lipinski definition) is 5. The van der Waals surface area contributed by atoms with Gasteiger partial charge in [-0.25, -0.2) is 9.37 Å². The molecule has 0 bridgehead atoms. The van der Waals surface area contributed by atoms with Gasteiger partial charge in [0.2, 0.25) is 11.9 Å². The van der Waals surface area contributed by atoms with E-state index in [1.54, 1.807) is 19.1 Å². The zero-order valence-corrected chi connectivity index (χ0v) is 16.4. The van der Waals surface area contributed by atoms with Crippen LogP contribution in [0.1, 0.15) is 24.8 Å². The van der Waals surface area contributed by atoms with Gasteiger partial charge in [-0.2, -0.15) is 0 Å². The molecule has 0 aliphatic carbocycles. The number of hydrogen-bond donors (Lipinski definition) is 1. The molecule has 1 fully saturated rings. The number of aryl methyl sites for hydroxylation is 1. The quantitative estimate of drug-likeness (QED) is 0.728. The van der Waals surface area contributed by atoms with Gasteiger partial charge >= 0.3 is 0 Å². The van der Waals surface area contributed by atoms with E-state index in [4.69, 9.17) is 0 Å². The van der Waals surface area contributed by atoms with Crippen molar-refractivity contribution in [2.45, 2.75) is 32.7 Å². The number of benzene rings is 1. The molecule has 0 saturated carbocycles. The number of amides is 1. The third-order valence-electron chi connectivity index (χ3n) is 4.94. The molecule has 1 aromatic carbocycles. The molecule has 2 aromatic heterocycles. The molecule has 1 amide bonds. The largest absolute Gasteiger partial charge is 0.342 e. The molecule has 4 rings (SSSR count). The van der Waals surface area contributed by atoms with Crippen LogP contribution in [0.5, 0.6) is 0 Å². The number of anilines is 2. The van der Waals surface area contributed by atoms with E-state index < -0.39 is 0 Å². The summed E-state index contributed by atoms with van der Waals surface area (Å²) in [5.74, 6) is -0.243. The summed E-state index contributed by atoms with van der Waals surface area (Å²) in [5.41, 5.74) is 1.32. The highest BCUT2D eigenvalue weighted by atomic mass is 32.1. The molecule has 0 atom stereocenters. The van der Waals surface area contributed by atoms with Crippen LogP contribution in [0.15, 0.2) is 34.4 Å². The second-order valence-corrected chi connectivity index (χ2v) is 7.91. The summed E-state index contributed by atoms with van der Waals surface area (Å²) in [5, 5.41) is 4.51. The molecule has 1 saturated heterocycles. The highest BCUT2D eigenvalue weighted by molar-refractivity contribution is 7.17. The highest BCUT2D eigenvalue weighted by Crippen LogP contribution is 2.22. The first-order valence-corrected chi connectivity index (χ1v) is 10.2. The van der Waals surface area contributed by atoms with Crippen molar-refractivity contribution in [3.8, 4) is 0 Å². The smallest absolute Gasteiger partial charge is 0.273 e. The first-order chi connectivity index (χ1) is 13.5. The Morgan fingerprint density at radius 1 is 1.25 bits per heavy atom. The third-order valence-corrected chi connectivity index (χ3v) is 5.83. The molecule has 6 nitrogen and oxygen atoms in total. The Kier molecular flexibility index (Phi) is 5.13. The Labute approximate surface area is 165 Å². The molecule has 3 heterocycles. The average Bonchev–Trinajstić information content (AvgIpc) is 3.16. The molecule has 1 aliphatic heterocycles. The molecular formula is C20H21FN4O2S. The van der Waals surface area contributed by atoms with Gasteiger partial charge in [-0.3, -0.25) is 14.2 Å². The Morgan fingerprint density at radius 2 is 2.04 bits per heavy atom. The topological polar surface area (TPSA) is 67.2 Å². The van der Waals surface area contributed by atoms with Crippen LogP contribution in [0, 0.1) is 12.7 Å². The Bertz CT molecular complexity index is 1090. The maximum atomic E-state index is 13.7. The van der Waals surface area contributed by atoms with E-state index in [2.05, 4.69) is 15.2 Å². The molecule has 0 radical (unpaired) electrons. The Morgan fingerprint density at radius 3 is 2.79 bits per heavy atom. The lowest BCUT2D eigenvalue weighted by Crippen LogP contribution is -2.38. The molecule has 28 heavy (non-hydrogen) atoms. The molecule has 8 heteroatoms. The van der Waals surface area contributed by atoms with Crippen LogP contribution in [0.25, 0.3) is 10.2 Å². The number of carbonyl (C=O) groups is 1. The van der Waals surface area contributed by atoms with Crippen molar-refractivity contribution in [1.82, 2.24) is 9.55 Å². The summed E-state index contributed by atoms with van der Waals surface area (Å²) in [4.78, 5) is 32.3. The summed E-state index contributed by atoms with van der Waals surface area (Å²) in [6, 6.07) is 6.36.